The molecule has 6 heteroatoms. The van der Waals surface area contributed by atoms with Crippen LogP contribution in [0.2, 0.25) is 0 Å². The number of aromatic nitrogens is 1. The maximum absolute atomic E-state index is 12.7. The standard InChI is InChI=1S/C21H26N2O4/c1-14-11-18(15(2)23(14)12-17-7-6-10-26-17)20(25)13-27-21-9-5-4-8-19(21)22-16(3)24/h4-5,8-9,11,17H,6-7,10,12-13H2,1-3H3,(H,22,24)/t17-/m0/s1. The average molecular weight is 370 g/mol. The van der Waals surface area contributed by atoms with Crippen molar-refractivity contribution in [1.29, 1.82) is 0 Å². The third kappa shape index (κ3) is 4.57. The van der Waals surface area contributed by atoms with Gasteiger partial charge < -0.3 is 19.4 Å². The van der Waals surface area contributed by atoms with Crippen molar-refractivity contribution in [3.05, 3.63) is 47.3 Å². The van der Waals surface area contributed by atoms with E-state index in [1.54, 1.807) is 24.3 Å². The summed E-state index contributed by atoms with van der Waals surface area (Å²) in [6.45, 7) is 6.91. The molecule has 6 nitrogen and oxygen atoms in total. The molecule has 1 aliphatic heterocycles. The van der Waals surface area contributed by atoms with Crippen molar-refractivity contribution in [2.24, 2.45) is 0 Å². The number of hydrogen-bond donors (Lipinski definition) is 1. The number of benzene rings is 1. The average Bonchev–Trinajstić information content (AvgIpc) is 3.24. The Bertz CT molecular complexity index is 835. The van der Waals surface area contributed by atoms with Gasteiger partial charge in [0.25, 0.3) is 0 Å². The summed E-state index contributed by atoms with van der Waals surface area (Å²) in [6.07, 6.45) is 2.37. The molecule has 1 fully saturated rings. The van der Waals surface area contributed by atoms with Crippen molar-refractivity contribution >= 4 is 17.4 Å². The molecule has 3 rings (SSSR count). The zero-order chi connectivity index (χ0) is 19.4. The molecular formula is C21H26N2O4. The van der Waals surface area contributed by atoms with Gasteiger partial charge in [-0.1, -0.05) is 12.1 Å². The molecule has 1 aliphatic rings. The fraction of sp³-hybridized carbons (Fsp3) is 0.429. The van der Waals surface area contributed by atoms with Gasteiger partial charge in [0.15, 0.2) is 6.61 Å². The molecule has 0 saturated carbocycles. The van der Waals surface area contributed by atoms with E-state index in [1.165, 1.54) is 6.92 Å². The van der Waals surface area contributed by atoms with E-state index in [9.17, 15) is 9.59 Å². The van der Waals surface area contributed by atoms with E-state index in [2.05, 4.69) is 9.88 Å². The van der Waals surface area contributed by atoms with Crippen molar-refractivity contribution in [2.75, 3.05) is 18.5 Å². The molecular weight excluding hydrogens is 344 g/mol. The molecule has 2 aromatic rings. The lowest BCUT2D eigenvalue weighted by molar-refractivity contribution is -0.114. The first-order valence-electron chi connectivity index (χ1n) is 9.26. The largest absolute Gasteiger partial charge is 0.483 e. The van der Waals surface area contributed by atoms with Crippen LogP contribution in [0.4, 0.5) is 5.69 Å². The molecule has 144 valence electrons. The Labute approximate surface area is 159 Å². The van der Waals surface area contributed by atoms with E-state index < -0.39 is 0 Å². The lowest BCUT2D eigenvalue weighted by Crippen LogP contribution is -2.18. The number of rotatable bonds is 7. The molecule has 1 aromatic carbocycles. The second-order valence-corrected chi connectivity index (χ2v) is 6.92. The van der Waals surface area contributed by atoms with Crippen LogP contribution in [0.1, 0.15) is 41.5 Å². The van der Waals surface area contributed by atoms with Crippen LogP contribution in [0.3, 0.4) is 0 Å². The highest BCUT2D eigenvalue weighted by Crippen LogP contribution is 2.25. The van der Waals surface area contributed by atoms with Crippen molar-refractivity contribution in [3.63, 3.8) is 0 Å². The quantitative estimate of drug-likeness (QED) is 0.758. The van der Waals surface area contributed by atoms with Gasteiger partial charge in [-0.2, -0.15) is 0 Å². The maximum Gasteiger partial charge on any atom is 0.221 e. The second kappa shape index (κ2) is 8.39. The number of anilines is 1. The van der Waals surface area contributed by atoms with E-state index in [1.807, 2.05) is 19.9 Å². The van der Waals surface area contributed by atoms with Crippen LogP contribution in [0, 0.1) is 13.8 Å². The Morgan fingerprint density at radius 3 is 2.78 bits per heavy atom. The third-order valence-electron chi connectivity index (χ3n) is 4.84. The third-order valence-corrected chi connectivity index (χ3v) is 4.84. The van der Waals surface area contributed by atoms with Crippen molar-refractivity contribution in [2.45, 2.75) is 46.3 Å². The number of ketones is 1. The Hall–Kier alpha value is -2.60. The van der Waals surface area contributed by atoms with E-state index >= 15 is 0 Å². The Kier molecular flexibility index (Phi) is 5.96. The fourth-order valence-corrected chi connectivity index (χ4v) is 3.46. The minimum atomic E-state index is -0.185. The van der Waals surface area contributed by atoms with Crippen LogP contribution >= 0.6 is 0 Å². The van der Waals surface area contributed by atoms with Gasteiger partial charge in [0.05, 0.1) is 11.8 Å². The predicted octanol–water partition coefficient (Wildman–Crippen LogP) is 3.50. The van der Waals surface area contributed by atoms with Gasteiger partial charge in [-0.3, -0.25) is 9.59 Å². The Balaban J connectivity index is 1.69. The van der Waals surface area contributed by atoms with E-state index in [0.717, 1.165) is 37.4 Å². The summed E-state index contributed by atoms with van der Waals surface area (Å²) >= 11 is 0. The van der Waals surface area contributed by atoms with Gasteiger partial charge in [0.2, 0.25) is 11.7 Å². The zero-order valence-corrected chi connectivity index (χ0v) is 16.1. The van der Waals surface area contributed by atoms with E-state index in [4.69, 9.17) is 9.47 Å². The maximum atomic E-state index is 12.7. The summed E-state index contributed by atoms with van der Waals surface area (Å²) in [7, 11) is 0. The Morgan fingerprint density at radius 2 is 2.07 bits per heavy atom. The summed E-state index contributed by atoms with van der Waals surface area (Å²) in [5.41, 5.74) is 3.21. The number of Topliss-reactive ketones (excluding diaryl/α,β-unsaturated/α-hetero) is 1. The summed E-state index contributed by atoms with van der Waals surface area (Å²) in [5.74, 6) is 0.212. The van der Waals surface area contributed by atoms with Crippen molar-refractivity contribution < 1.29 is 19.1 Å². The van der Waals surface area contributed by atoms with Gasteiger partial charge in [0.1, 0.15) is 5.75 Å². The monoisotopic (exact) mass is 370 g/mol. The number of hydrogen-bond acceptors (Lipinski definition) is 4. The highest BCUT2D eigenvalue weighted by molar-refractivity contribution is 5.98. The van der Waals surface area contributed by atoms with Crippen LogP contribution in [0.25, 0.3) is 0 Å². The fourth-order valence-electron chi connectivity index (χ4n) is 3.46. The molecule has 1 aromatic heterocycles. The van der Waals surface area contributed by atoms with Gasteiger partial charge in [-0.25, -0.2) is 0 Å². The number of carbonyl (C=O) groups is 2. The van der Waals surface area contributed by atoms with Gasteiger partial charge in [-0.05, 0) is 44.9 Å². The summed E-state index contributed by atoms with van der Waals surface area (Å²) < 4.78 is 13.6. The number of ether oxygens (including phenoxy) is 2. The molecule has 0 spiro atoms. The number of aryl methyl sites for hydroxylation is 1. The topological polar surface area (TPSA) is 69.6 Å². The van der Waals surface area contributed by atoms with Gasteiger partial charge in [0, 0.05) is 37.0 Å². The molecule has 27 heavy (non-hydrogen) atoms. The number of nitrogens with zero attached hydrogens (tertiary/aromatic N) is 1. The minimum absolute atomic E-state index is 0.0825. The number of amides is 1. The van der Waals surface area contributed by atoms with Crippen LogP contribution in [-0.2, 0) is 16.1 Å². The molecule has 1 atom stereocenters. The van der Waals surface area contributed by atoms with E-state index in [-0.39, 0.29) is 24.4 Å². The van der Waals surface area contributed by atoms with Crippen LogP contribution in [-0.4, -0.2) is 35.6 Å². The van der Waals surface area contributed by atoms with Crippen LogP contribution in [0.15, 0.2) is 30.3 Å². The number of para-hydroxylation sites is 2. The van der Waals surface area contributed by atoms with E-state index in [0.29, 0.717) is 17.0 Å². The minimum Gasteiger partial charge on any atom is -0.483 e. The van der Waals surface area contributed by atoms with Crippen molar-refractivity contribution in [3.8, 4) is 5.75 Å². The molecule has 0 aliphatic carbocycles. The second-order valence-electron chi connectivity index (χ2n) is 6.92. The zero-order valence-electron chi connectivity index (χ0n) is 16.1. The summed E-state index contributed by atoms with van der Waals surface area (Å²) in [6, 6.07) is 9.00. The molecule has 0 unspecified atom stereocenters. The molecule has 1 amide bonds. The predicted molar refractivity (Wildman–Crippen MR) is 103 cm³/mol. The van der Waals surface area contributed by atoms with Crippen LogP contribution < -0.4 is 10.1 Å². The first kappa shape index (κ1) is 19.2. The summed E-state index contributed by atoms with van der Waals surface area (Å²) in [4.78, 5) is 24.0. The number of nitrogens with one attached hydrogen (secondary N) is 1. The lowest BCUT2D eigenvalue weighted by Gasteiger charge is -2.15. The SMILES string of the molecule is CC(=O)Nc1ccccc1OCC(=O)c1cc(C)n(C[C@@H]2CCCO2)c1C. The first-order chi connectivity index (χ1) is 13.0. The molecule has 0 radical (unpaired) electrons. The number of carbonyl (C=O) groups excluding carboxylic acids is 2. The molecule has 0 bridgehead atoms. The molecule has 1 N–H and O–H groups in total. The highest BCUT2D eigenvalue weighted by Gasteiger charge is 2.21. The highest BCUT2D eigenvalue weighted by atomic mass is 16.5. The smallest absolute Gasteiger partial charge is 0.221 e. The van der Waals surface area contributed by atoms with Gasteiger partial charge in [-0.15, -0.1) is 0 Å². The first-order valence-corrected chi connectivity index (χ1v) is 9.26. The van der Waals surface area contributed by atoms with Crippen LogP contribution in [0.5, 0.6) is 5.75 Å². The molecule has 1 saturated heterocycles. The molecule has 2 heterocycles. The Morgan fingerprint density at radius 1 is 1.30 bits per heavy atom. The normalized spacial score (nSPS) is 16.3. The summed E-state index contributed by atoms with van der Waals surface area (Å²) in [5, 5.41) is 2.71. The lowest BCUT2D eigenvalue weighted by atomic mass is 10.1. The van der Waals surface area contributed by atoms with Crippen molar-refractivity contribution in [1.82, 2.24) is 4.57 Å². The van der Waals surface area contributed by atoms with Gasteiger partial charge >= 0.3 is 0 Å².